The quantitative estimate of drug-likeness (QED) is 0.663. The highest BCUT2D eigenvalue weighted by molar-refractivity contribution is 5.64. The molecule has 18 heavy (non-hydrogen) atoms. The van der Waals surface area contributed by atoms with Gasteiger partial charge in [0.2, 0.25) is 5.82 Å². The minimum absolute atomic E-state index is 0.138. The first-order valence-corrected chi connectivity index (χ1v) is 5.38. The SMILES string of the molecule is Cc1ccc(Nc2nc(C)ncc2[N+](=O)[O-])cc1. The maximum Gasteiger partial charge on any atom is 0.329 e. The zero-order valence-electron chi connectivity index (χ0n) is 10.0. The molecule has 2 aromatic rings. The lowest BCUT2D eigenvalue weighted by Crippen LogP contribution is -2.02. The van der Waals surface area contributed by atoms with Gasteiger partial charge in [-0.1, -0.05) is 17.7 Å². The van der Waals surface area contributed by atoms with Gasteiger partial charge in [-0.15, -0.1) is 0 Å². The minimum atomic E-state index is -0.504. The van der Waals surface area contributed by atoms with Crippen molar-refractivity contribution in [2.45, 2.75) is 13.8 Å². The lowest BCUT2D eigenvalue weighted by atomic mass is 10.2. The summed E-state index contributed by atoms with van der Waals surface area (Å²) < 4.78 is 0. The molecule has 1 N–H and O–H groups in total. The smallest absolute Gasteiger partial charge is 0.329 e. The minimum Gasteiger partial charge on any atom is -0.334 e. The van der Waals surface area contributed by atoms with Crippen molar-refractivity contribution in [3.05, 3.63) is 52.0 Å². The zero-order chi connectivity index (χ0) is 13.1. The summed E-state index contributed by atoms with van der Waals surface area (Å²) in [5.41, 5.74) is 1.73. The van der Waals surface area contributed by atoms with Gasteiger partial charge < -0.3 is 5.32 Å². The van der Waals surface area contributed by atoms with Crippen molar-refractivity contribution >= 4 is 17.2 Å². The maximum atomic E-state index is 10.9. The Morgan fingerprint density at radius 1 is 1.22 bits per heavy atom. The summed E-state index contributed by atoms with van der Waals surface area (Å²) in [5, 5.41) is 13.8. The van der Waals surface area contributed by atoms with Crippen molar-refractivity contribution in [2.24, 2.45) is 0 Å². The van der Waals surface area contributed by atoms with Crippen LogP contribution < -0.4 is 5.32 Å². The van der Waals surface area contributed by atoms with E-state index < -0.39 is 4.92 Å². The fourth-order valence-corrected chi connectivity index (χ4v) is 1.46. The molecule has 0 aliphatic rings. The van der Waals surface area contributed by atoms with E-state index in [4.69, 9.17) is 0 Å². The highest BCUT2D eigenvalue weighted by Gasteiger charge is 2.16. The Kier molecular flexibility index (Phi) is 3.18. The van der Waals surface area contributed by atoms with Crippen LogP contribution in [-0.4, -0.2) is 14.9 Å². The van der Waals surface area contributed by atoms with Gasteiger partial charge in [-0.05, 0) is 26.0 Å². The van der Waals surface area contributed by atoms with Crippen LogP contribution in [0.4, 0.5) is 17.2 Å². The van der Waals surface area contributed by atoms with Crippen LogP contribution in [0.3, 0.4) is 0 Å². The number of aryl methyl sites for hydroxylation is 2. The summed E-state index contributed by atoms with van der Waals surface area (Å²) in [5.74, 6) is 0.687. The number of nitrogens with zero attached hydrogens (tertiary/aromatic N) is 3. The van der Waals surface area contributed by atoms with Crippen LogP contribution in [0.25, 0.3) is 0 Å². The Morgan fingerprint density at radius 3 is 2.50 bits per heavy atom. The molecule has 92 valence electrons. The molecule has 0 fully saturated rings. The average molecular weight is 244 g/mol. The molecule has 1 heterocycles. The van der Waals surface area contributed by atoms with E-state index in [2.05, 4.69) is 15.3 Å². The second-order valence-corrected chi connectivity index (χ2v) is 3.90. The van der Waals surface area contributed by atoms with Gasteiger partial charge in [0.05, 0.1) is 4.92 Å². The molecule has 6 heteroatoms. The normalized spacial score (nSPS) is 10.1. The van der Waals surface area contributed by atoms with Crippen molar-refractivity contribution in [3.63, 3.8) is 0 Å². The van der Waals surface area contributed by atoms with E-state index in [0.29, 0.717) is 5.82 Å². The van der Waals surface area contributed by atoms with E-state index >= 15 is 0 Å². The molecule has 0 atom stereocenters. The molecule has 0 aliphatic carbocycles. The third-order valence-electron chi connectivity index (χ3n) is 2.40. The first-order chi connectivity index (χ1) is 8.56. The van der Waals surface area contributed by atoms with Gasteiger partial charge >= 0.3 is 5.69 Å². The number of benzene rings is 1. The molecule has 0 spiro atoms. The van der Waals surface area contributed by atoms with Crippen molar-refractivity contribution in [1.29, 1.82) is 0 Å². The van der Waals surface area contributed by atoms with E-state index in [1.54, 1.807) is 6.92 Å². The molecule has 1 aromatic heterocycles. The van der Waals surface area contributed by atoms with Gasteiger partial charge in [0.15, 0.2) is 0 Å². The largest absolute Gasteiger partial charge is 0.334 e. The maximum absolute atomic E-state index is 10.9. The molecule has 0 radical (unpaired) electrons. The highest BCUT2D eigenvalue weighted by Crippen LogP contribution is 2.24. The van der Waals surface area contributed by atoms with Crippen LogP contribution in [0.2, 0.25) is 0 Å². The molecule has 0 amide bonds. The molecule has 2 rings (SSSR count). The predicted molar refractivity (Wildman–Crippen MR) is 67.9 cm³/mol. The summed E-state index contributed by atoms with van der Waals surface area (Å²) >= 11 is 0. The molecule has 0 aliphatic heterocycles. The van der Waals surface area contributed by atoms with Crippen molar-refractivity contribution < 1.29 is 4.92 Å². The standard InChI is InChI=1S/C12H12N4O2/c1-8-3-5-10(6-4-8)15-12-11(16(17)18)7-13-9(2)14-12/h3-7H,1-2H3,(H,13,14,15). The van der Waals surface area contributed by atoms with Crippen molar-refractivity contribution in [1.82, 2.24) is 9.97 Å². The number of hydrogen-bond donors (Lipinski definition) is 1. The van der Waals surface area contributed by atoms with Gasteiger partial charge in [-0.3, -0.25) is 10.1 Å². The first kappa shape index (κ1) is 12.0. The number of aromatic nitrogens is 2. The molecule has 1 aromatic carbocycles. The number of anilines is 2. The topological polar surface area (TPSA) is 81.0 Å². The predicted octanol–water partition coefficient (Wildman–Crippen LogP) is 2.75. The summed E-state index contributed by atoms with van der Waals surface area (Å²) in [6, 6.07) is 7.53. The zero-order valence-corrected chi connectivity index (χ0v) is 10.0. The number of hydrogen-bond acceptors (Lipinski definition) is 5. The molecule has 6 nitrogen and oxygen atoms in total. The summed E-state index contributed by atoms with van der Waals surface area (Å²) in [4.78, 5) is 18.2. The molecule has 0 bridgehead atoms. The third kappa shape index (κ3) is 2.60. The fourth-order valence-electron chi connectivity index (χ4n) is 1.46. The van der Waals surface area contributed by atoms with E-state index in [1.807, 2.05) is 31.2 Å². The molecule has 0 saturated heterocycles. The van der Waals surface area contributed by atoms with Gasteiger partial charge in [-0.25, -0.2) is 9.97 Å². The molecule has 0 saturated carbocycles. The van der Waals surface area contributed by atoms with Crippen LogP contribution in [0, 0.1) is 24.0 Å². The van der Waals surface area contributed by atoms with Crippen LogP contribution in [-0.2, 0) is 0 Å². The second kappa shape index (κ2) is 4.79. The van der Waals surface area contributed by atoms with Gasteiger partial charge in [-0.2, -0.15) is 0 Å². The lowest BCUT2D eigenvalue weighted by Gasteiger charge is -2.06. The Balaban J connectivity index is 2.35. The van der Waals surface area contributed by atoms with Crippen molar-refractivity contribution in [2.75, 3.05) is 5.32 Å². The van der Waals surface area contributed by atoms with Crippen molar-refractivity contribution in [3.8, 4) is 0 Å². The monoisotopic (exact) mass is 244 g/mol. The van der Waals surface area contributed by atoms with Crippen LogP contribution >= 0.6 is 0 Å². The van der Waals surface area contributed by atoms with Crippen LogP contribution in [0.1, 0.15) is 11.4 Å². The average Bonchev–Trinajstić information content (AvgIpc) is 2.32. The summed E-state index contributed by atoms with van der Waals surface area (Å²) in [7, 11) is 0. The molecular formula is C12H12N4O2. The fraction of sp³-hybridized carbons (Fsp3) is 0.167. The van der Waals surface area contributed by atoms with Gasteiger partial charge in [0.25, 0.3) is 0 Å². The van der Waals surface area contributed by atoms with Crippen LogP contribution in [0.15, 0.2) is 30.5 Å². The van der Waals surface area contributed by atoms with E-state index in [9.17, 15) is 10.1 Å². The first-order valence-electron chi connectivity index (χ1n) is 5.38. The number of rotatable bonds is 3. The van der Waals surface area contributed by atoms with E-state index in [0.717, 1.165) is 11.3 Å². The molecular weight excluding hydrogens is 232 g/mol. The van der Waals surface area contributed by atoms with E-state index in [-0.39, 0.29) is 11.5 Å². The lowest BCUT2D eigenvalue weighted by molar-refractivity contribution is -0.384. The van der Waals surface area contributed by atoms with Crippen LogP contribution in [0.5, 0.6) is 0 Å². The third-order valence-corrected chi connectivity index (χ3v) is 2.40. The Hall–Kier alpha value is -2.50. The van der Waals surface area contributed by atoms with Gasteiger partial charge in [0, 0.05) is 5.69 Å². The Labute approximate surface area is 104 Å². The molecule has 0 unspecified atom stereocenters. The Bertz CT molecular complexity index is 581. The van der Waals surface area contributed by atoms with E-state index in [1.165, 1.54) is 6.20 Å². The van der Waals surface area contributed by atoms with Gasteiger partial charge in [0.1, 0.15) is 12.0 Å². The number of nitro groups is 1. The summed E-state index contributed by atoms with van der Waals surface area (Å²) in [6.07, 6.45) is 1.21. The second-order valence-electron chi connectivity index (χ2n) is 3.90. The highest BCUT2D eigenvalue weighted by atomic mass is 16.6. The number of nitrogens with one attached hydrogen (secondary N) is 1. The Morgan fingerprint density at radius 2 is 1.89 bits per heavy atom. The summed E-state index contributed by atoms with van der Waals surface area (Å²) in [6.45, 7) is 3.66.